The zero-order valence-corrected chi connectivity index (χ0v) is 16.0. The van der Waals surface area contributed by atoms with Gasteiger partial charge in [-0.2, -0.15) is 0 Å². The minimum Gasteiger partial charge on any atom is -0.314 e. The van der Waals surface area contributed by atoms with Gasteiger partial charge in [-0.05, 0) is 33.8 Å². The van der Waals surface area contributed by atoms with Crippen LogP contribution >= 0.6 is 52.1 Å². The fourth-order valence-electron chi connectivity index (χ4n) is 2.60. The van der Waals surface area contributed by atoms with E-state index in [1.54, 1.807) is 0 Å². The third-order valence-electron chi connectivity index (χ3n) is 3.62. The molecule has 1 saturated heterocycles. The Morgan fingerprint density at radius 1 is 1.30 bits per heavy atom. The Bertz CT molecular complexity index is 357. The number of piperazine rings is 1. The van der Waals surface area contributed by atoms with Gasteiger partial charge in [-0.1, -0.05) is 26.2 Å². The maximum absolute atomic E-state index is 3.71. The normalized spacial score (nSPS) is 17.1. The lowest BCUT2D eigenvalue weighted by Crippen LogP contribution is -2.45. The van der Waals surface area contributed by atoms with Gasteiger partial charge in [0.1, 0.15) is 0 Å². The molecule has 1 atom stereocenters. The molecule has 20 heavy (non-hydrogen) atoms. The molecule has 6 heteroatoms. The van der Waals surface area contributed by atoms with Crippen molar-refractivity contribution in [2.24, 2.45) is 0 Å². The first-order valence-corrected chi connectivity index (χ1v) is 8.68. The van der Waals surface area contributed by atoms with Gasteiger partial charge < -0.3 is 5.32 Å². The molecule has 0 aromatic carbocycles. The van der Waals surface area contributed by atoms with Crippen LogP contribution in [0.1, 0.15) is 43.5 Å². The number of rotatable bonds is 6. The number of nitrogens with one attached hydrogen (secondary N) is 1. The highest BCUT2D eigenvalue weighted by molar-refractivity contribution is 9.10. The fraction of sp³-hybridized carbons (Fsp3) is 0.714. The number of halogens is 3. The van der Waals surface area contributed by atoms with Gasteiger partial charge in [0, 0.05) is 41.6 Å². The van der Waals surface area contributed by atoms with Crippen molar-refractivity contribution in [1.82, 2.24) is 10.2 Å². The highest BCUT2D eigenvalue weighted by Gasteiger charge is 2.24. The summed E-state index contributed by atoms with van der Waals surface area (Å²) < 4.78 is 1.30. The average Bonchev–Trinajstić information content (AvgIpc) is 2.82. The van der Waals surface area contributed by atoms with Crippen LogP contribution in [0.15, 0.2) is 15.9 Å². The van der Waals surface area contributed by atoms with E-state index in [-0.39, 0.29) is 24.8 Å². The van der Waals surface area contributed by atoms with E-state index in [2.05, 4.69) is 44.5 Å². The maximum atomic E-state index is 3.71. The molecule has 2 nitrogen and oxygen atoms in total. The molecule has 1 N–H and O–H groups in total. The van der Waals surface area contributed by atoms with Gasteiger partial charge in [-0.25, -0.2) is 0 Å². The summed E-state index contributed by atoms with van der Waals surface area (Å²) in [5.74, 6) is 0. The summed E-state index contributed by atoms with van der Waals surface area (Å²) >= 11 is 5.61. The number of thiophene rings is 1. The van der Waals surface area contributed by atoms with Gasteiger partial charge >= 0.3 is 0 Å². The average molecular weight is 404 g/mol. The second-order valence-electron chi connectivity index (χ2n) is 4.93. The van der Waals surface area contributed by atoms with Gasteiger partial charge in [0.2, 0.25) is 0 Å². The third-order valence-corrected chi connectivity index (χ3v) is 5.59. The third kappa shape index (κ3) is 5.82. The molecule has 1 aromatic heterocycles. The Kier molecular flexibility index (Phi) is 11.7. The molecule has 0 radical (unpaired) electrons. The van der Waals surface area contributed by atoms with Crippen LogP contribution in [0.2, 0.25) is 0 Å². The minimum atomic E-state index is 0. The molecule has 0 spiro atoms. The van der Waals surface area contributed by atoms with Crippen LogP contribution in [0.5, 0.6) is 0 Å². The summed E-state index contributed by atoms with van der Waals surface area (Å²) in [5.41, 5.74) is 0. The lowest BCUT2D eigenvalue weighted by Gasteiger charge is -2.34. The molecule has 2 rings (SSSR count). The van der Waals surface area contributed by atoms with Crippen molar-refractivity contribution in [2.75, 3.05) is 26.2 Å². The Morgan fingerprint density at radius 3 is 2.55 bits per heavy atom. The van der Waals surface area contributed by atoms with Gasteiger partial charge in [0.25, 0.3) is 0 Å². The summed E-state index contributed by atoms with van der Waals surface area (Å²) in [6.45, 7) is 6.91. The lowest BCUT2D eigenvalue weighted by atomic mass is 10.0. The van der Waals surface area contributed by atoms with Crippen molar-refractivity contribution in [2.45, 2.75) is 38.6 Å². The van der Waals surface area contributed by atoms with Crippen LogP contribution in [0.3, 0.4) is 0 Å². The Balaban J connectivity index is 0.00000180. The van der Waals surface area contributed by atoms with Crippen molar-refractivity contribution in [3.63, 3.8) is 0 Å². The summed E-state index contributed by atoms with van der Waals surface area (Å²) in [5, 5.41) is 5.65. The largest absolute Gasteiger partial charge is 0.314 e. The van der Waals surface area contributed by atoms with Crippen LogP contribution in [-0.4, -0.2) is 31.1 Å². The SMILES string of the molecule is CCCCC[C@H](c1sccc1Br)N1CCNCC1.Cl.Cl. The van der Waals surface area contributed by atoms with Gasteiger partial charge in [0.15, 0.2) is 0 Å². The highest BCUT2D eigenvalue weighted by Crippen LogP contribution is 2.36. The lowest BCUT2D eigenvalue weighted by molar-refractivity contribution is 0.165. The van der Waals surface area contributed by atoms with Gasteiger partial charge in [0.05, 0.1) is 0 Å². The molecule has 0 aliphatic carbocycles. The molecule has 0 unspecified atom stereocenters. The standard InChI is InChI=1S/C14H23BrN2S.2ClH/c1-2-3-4-5-13(14-12(15)6-11-18-14)17-9-7-16-8-10-17;;/h6,11,13,16H,2-5,7-10H2,1H3;2*1H/t13-;;/m1../s1. The van der Waals surface area contributed by atoms with Gasteiger partial charge in [-0.3, -0.25) is 4.90 Å². The van der Waals surface area contributed by atoms with Crippen molar-refractivity contribution in [1.29, 1.82) is 0 Å². The van der Waals surface area contributed by atoms with Crippen molar-refractivity contribution < 1.29 is 0 Å². The summed E-state index contributed by atoms with van der Waals surface area (Å²) in [4.78, 5) is 4.18. The number of hydrogen-bond donors (Lipinski definition) is 1. The molecule has 1 fully saturated rings. The van der Waals surface area contributed by atoms with Crippen LogP contribution in [-0.2, 0) is 0 Å². The second kappa shape index (κ2) is 11.3. The minimum absolute atomic E-state index is 0. The first kappa shape index (κ1) is 20.7. The first-order valence-electron chi connectivity index (χ1n) is 7.00. The second-order valence-corrected chi connectivity index (χ2v) is 6.73. The maximum Gasteiger partial charge on any atom is 0.0453 e. The molecular formula is C14H25BrCl2N2S. The Labute approximate surface area is 147 Å². The number of hydrogen-bond acceptors (Lipinski definition) is 3. The van der Waals surface area contributed by atoms with E-state index >= 15 is 0 Å². The summed E-state index contributed by atoms with van der Waals surface area (Å²) in [6, 6.07) is 2.81. The van der Waals surface area contributed by atoms with E-state index < -0.39 is 0 Å². The number of unbranched alkanes of at least 4 members (excludes halogenated alkanes) is 2. The monoisotopic (exact) mass is 402 g/mol. The summed E-state index contributed by atoms with van der Waals surface area (Å²) in [7, 11) is 0. The molecule has 118 valence electrons. The predicted molar refractivity (Wildman–Crippen MR) is 97.8 cm³/mol. The Hall–Kier alpha value is 0.680. The zero-order chi connectivity index (χ0) is 12.8. The van der Waals surface area contributed by atoms with E-state index in [1.165, 1.54) is 48.1 Å². The predicted octanol–water partition coefficient (Wildman–Crippen LogP) is 4.88. The quantitative estimate of drug-likeness (QED) is 0.680. The molecule has 2 heterocycles. The van der Waals surface area contributed by atoms with Gasteiger partial charge in [-0.15, -0.1) is 36.2 Å². The summed E-state index contributed by atoms with van der Waals surface area (Å²) in [6.07, 6.45) is 5.30. The topological polar surface area (TPSA) is 15.3 Å². The molecule has 1 aliphatic rings. The first-order chi connectivity index (χ1) is 8.83. The Morgan fingerprint density at radius 2 is 2.00 bits per heavy atom. The molecule has 1 aliphatic heterocycles. The van der Waals surface area contributed by atoms with Crippen LogP contribution in [0, 0.1) is 0 Å². The molecule has 0 saturated carbocycles. The van der Waals surface area contributed by atoms with Crippen molar-refractivity contribution in [3.8, 4) is 0 Å². The molecular weight excluding hydrogens is 379 g/mol. The van der Waals surface area contributed by atoms with E-state index in [1.807, 2.05) is 11.3 Å². The highest BCUT2D eigenvalue weighted by atomic mass is 79.9. The zero-order valence-electron chi connectivity index (χ0n) is 11.9. The smallest absolute Gasteiger partial charge is 0.0453 e. The van der Waals surface area contributed by atoms with Crippen LogP contribution in [0.25, 0.3) is 0 Å². The van der Waals surface area contributed by atoms with E-state index in [9.17, 15) is 0 Å². The van der Waals surface area contributed by atoms with E-state index in [0.29, 0.717) is 6.04 Å². The van der Waals surface area contributed by atoms with Crippen LogP contribution in [0.4, 0.5) is 0 Å². The van der Waals surface area contributed by atoms with Crippen molar-refractivity contribution in [3.05, 3.63) is 20.8 Å². The fourth-order valence-corrected chi connectivity index (χ4v) is 4.41. The molecule has 1 aromatic rings. The molecule has 0 bridgehead atoms. The van der Waals surface area contributed by atoms with Crippen LogP contribution < -0.4 is 5.32 Å². The van der Waals surface area contributed by atoms with E-state index in [4.69, 9.17) is 0 Å². The molecule has 0 amide bonds. The van der Waals surface area contributed by atoms with Crippen molar-refractivity contribution >= 4 is 52.1 Å². The number of nitrogens with zero attached hydrogens (tertiary/aromatic N) is 1. The van der Waals surface area contributed by atoms with E-state index in [0.717, 1.165) is 13.1 Å².